The Morgan fingerprint density at radius 1 is 1.50 bits per heavy atom. The lowest BCUT2D eigenvalue weighted by molar-refractivity contribution is 0.430. The van der Waals surface area contributed by atoms with Gasteiger partial charge in [-0.2, -0.15) is 0 Å². The third-order valence-corrected chi connectivity index (χ3v) is 0.414. The number of allylic oxidation sites excluding steroid dienone is 1. The van der Waals surface area contributed by atoms with Crippen LogP contribution in [0.1, 0.15) is 0 Å². The molecule has 0 saturated heterocycles. The molecule has 0 aromatic heterocycles. The number of aliphatic hydroxyl groups excluding tert-OH is 1. The van der Waals surface area contributed by atoms with Crippen LogP contribution < -0.4 is 0 Å². The number of hydrogen-bond acceptors (Lipinski definition) is 1. The van der Waals surface area contributed by atoms with Crippen molar-refractivity contribution in [2.24, 2.45) is 0 Å². The van der Waals surface area contributed by atoms with Crippen LogP contribution in [0.2, 0.25) is 0 Å². The first-order valence-corrected chi connectivity index (χ1v) is 1.93. The summed E-state index contributed by atoms with van der Waals surface area (Å²) in [6.45, 7) is 6.36. The van der Waals surface area contributed by atoms with Gasteiger partial charge in [0, 0.05) is 12.3 Å². The van der Waals surface area contributed by atoms with Gasteiger partial charge < -0.3 is 5.11 Å². The molecule has 0 atom stereocenters. The molecule has 0 radical (unpaired) electrons. The van der Waals surface area contributed by atoms with Gasteiger partial charge in [-0.3, -0.25) is 0 Å². The standard InChI is InChI=1S/C7H4O/c1-3-5-7(8)6-4-2/h1-2H2/p+1. The monoisotopic (exact) mass is 105 g/mol. The van der Waals surface area contributed by atoms with Gasteiger partial charge in [-0.25, -0.2) is 0 Å². The van der Waals surface area contributed by atoms with Gasteiger partial charge >= 0.3 is 5.76 Å². The highest BCUT2D eigenvalue weighted by molar-refractivity contribution is 5.00. The van der Waals surface area contributed by atoms with Crippen molar-refractivity contribution in [1.82, 2.24) is 0 Å². The highest BCUT2D eigenvalue weighted by Crippen LogP contribution is 1.79. The first-order chi connectivity index (χ1) is 3.81. The Kier molecular flexibility index (Phi) is 3.03. The number of rotatable bonds is 1. The van der Waals surface area contributed by atoms with Crippen LogP contribution >= 0.6 is 0 Å². The quantitative estimate of drug-likeness (QED) is 0.232. The van der Waals surface area contributed by atoms with Crippen LogP contribution in [-0.4, -0.2) is 5.11 Å². The molecule has 0 spiro atoms. The molecule has 0 fully saturated rings. The molecule has 0 aliphatic carbocycles. The molecule has 0 heterocycles. The zero-order valence-corrected chi connectivity index (χ0v) is 4.36. The molecule has 0 amide bonds. The summed E-state index contributed by atoms with van der Waals surface area (Å²) in [6.07, 6.45) is 2.24. The van der Waals surface area contributed by atoms with Crippen molar-refractivity contribution in [3.05, 3.63) is 42.2 Å². The topological polar surface area (TPSA) is 20.2 Å². The Hall–Kier alpha value is -1.47. The third-order valence-electron chi connectivity index (χ3n) is 0.414. The van der Waals surface area contributed by atoms with E-state index in [1.807, 2.05) is 0 Å². The highest BCUT2D eigenvalue weighted by Gasteiger charge is 1.87. The molecule has 1 nitrogen and oxygen atoms in total. The van der Waals surface area contributed by atoms with E-state index >= 15 is 0 Å². The fraction of sp³-hybridized carbons (Fsp3) is 0. The second-order valence-electron chi connectivity index (χ2n) is 0.952. The summed E-state index contributed by atoms with van der Waals surface area (Å²) >= 11 is 0. The van der Waals surface area contributed by atoms with Gasteiger partial charge in [0.25, 0.3) is 0 Å². The van der Waals surface area contributed by atoms with Crippen molar-refractivity contribution in [1.29, 1.82) is 0 Å². The Bertz CT molecular complexity index is 194. The van der Waals surface area contributed by atoms with Crippen LogP contribution in [0.5, 0.6) is 0 Å². The lowest BCUT2D eigenvalue weighted by Crippen LogP contribution is -1.64. The van der Waals surface area contributed by atoms with Gasteiger partial charge in [0.15, 0.2) is 6.08 Å². The highest BCUT2D eigenvalue weighted by atomic mass is 16.3. The molecular weight excluding hydrogens is 100 g/mol. The molecule has 0 aliphatic rings. The second kappa shape index (κ2) is 3.71. The summed E-state index contributed by atoms with van der Waals surface area (Å²) in [6, 6.07) is 0. The molecular formula is C7H5O+. The number of hydrogen-bond donors (Lipinski definition) is 1. The summed E-state index contributed by atoms with van der Waals surface area (Å²) in [7, 11) is 0. The predicted octanol–water partition coefficient (Wildman–Crippen LogP) is 1.51. The molecule has 0 aromatic rings. The van der Waals surface area contributed by atoms with E-state index < -0.39 is 0 Å². The maximum atomic E-state index is 8.54. The van der Waals surface area contributed by atoms with Crippen LogP contribution in [0, 0.1) is 6.08 Å². The number of aliphatic hydroxyl groups is 1. The Morgan fingerprint density at radius 3 is 2.50 bits per heavy atom. The van der Waals surface area contributed by atoms with Gasteiger partial charge in [-0.05, 0) is 6.58 Å². The van der Waals surface area contributed by atoms with E-state index in [0.717, 1.165) is 0 Å². The Balaban J connectivity index is 4.48. The SMILES string of the molecule is C=C=C=C(O)[C+]=C=C. The molecule has 0 aliphatic heterocycles. The van der Waals surface area contributed by atoms with Crippen LogP contribution in [0.15, 0.2) is 36.1 Å². The van der Waals surface area contributed by atoms with E-state index in [1.54, 1.807) is 0 Å². The average molecular weight is 105 g/mol. The summed E-state index contributed by atoms with van der Waals surface area (Å²) in [5.41, 5.74) is 6.71. The minimum atomic E-state index is -0.185. The van der Waals surface area contributed by atoms with Crippen molar-refractivity contribution in [3.63, 3.8) is 0 Å². The molecule has 1 heteroatoms. The molecule has 0 unspecified atom stereocenters. The van der Waals surface area contributed by atoms with Crippen LogP contribution in [-0.2, 0) is 0 Å². The molecule has 1 N–H and O–H groups in total. The average Bonchev–Trinajstić information content (AvgIpc) is 1.68. The summed E-state index contributed by atoms with van der Waals surface area (Å²) in [5, 5.41) is 8.54. The van der Waals surface area contributed by atoms with Crippen LogP contribution in [0.4, 0.5) is 0 Å². The van der Waals surface area contributed by atoms with E-state index in [9.17, 15) is 0 Å². The summed E-state index contributed by atoms with van der Waals surface area (Å²) < 4.78 is 0. The smallest absolute Gasteiger partial charge is 0.361 e. The van der Waals surface area contributed by atoms with Crippen LogP contribution in [0.3, 0.4) is 0 Å². The predicted molar refractivity (Wildman–Crippen MR) is 31.2 cm³/mol. The van der Waals surface area contributed by atoms with E-state index in [1.165, 1.54) is 0 Å². The molecule has 0 saturated carbocycles. The van der Waals surface area contributed by atoms with Crippen molar-refractivity contribution >= 4 is 0 Å². The van der Waals surface area contributed by atoms with Gasteiger partial charge in [-0.1, -0.05) is 0 Å². The third kappa shape index (κ3) is 2.75. The molecule has 0 aromatic carbocycles. The van der Waals surface area contributed by atoms with E-state index in [2.05, 4.69) is 36.4 Å². The first-order valence-electron chi connectivity index (χ1n) is 1.93. The Morgan fingerprint density at radius 2 is 2.12 bits per heavy atom. The summed E-state index contributed by atoms with van der Waals surface area (Å²) in [4.78, 5) is 0. The van der Waals surface area contributed by atoms with Crippen molar-refractivity contribution in [2.75, 3.05) is 0 Å². The van der Waals surface area contributed by atoms with E-state index in [4.69, 9.17) is 5.11 Å². The maximum Gasteiger partial charge on any atom is 0.361 e. The lowest BCUT2D eigenvalue weighted by atomic mass is 10.5. The Labute approximate surface area is 48.3 Å². The fourth-order valence-corrected chi connectivity index (χ4v) is 0.199. The summed E-state index contributed by atoms with van der Waals surface area (Å²) in [5.74, 6) is -0.185. The minimum absolute atomic E-state index is 0.185. The van der Waals surface area contributed by atoms with Gasteiger partial charge in [0.2, 0.25) is 0 Å². The van der Waals surface area contributed by atoms with Gasteiger partial charge in [-0.15, -0.1) is 0 Å². The first kappa shape index (κ1) is 6.53. The van der Waals surface area contributed by atoms with Crippen molar-refractivity contribution < 1.29 is 5.11 Å². The molecule has 38 valence electrons. The second-order valence-corrected chi connectivity index (χ2v) is 0.952. The van der Waals surface area contributed by atoms with Crippen molar-refractivity contribution in [3.8, 4) is 0 Å². The molecule has 0 rings (SSSR count). The van der Waals surface area contributed by atoms with E-state index in [0.29, 0.717) is 0 Å². The zero-order chi connectivity index (χ0) is 6.41. The molecule has 0 bridgehead atoms. The largest absolute Gasteiger partial charge is 0.473 e. The van der Waals surface area contributed by atoms with Crippen LogP contribution in [0.25, 0.3) is 0 Å². The zero-order valence-electron chi connectivity index (χ0n) is 4.36. The minimum Gasteiger partial charge on any atom is -0.473 e. The molecule has 8 heavy (non-hydrogen) atoms. The normalized spacial score (nSPS) is 5.00. The fourth-order valence-electron chi connectivity index (χ4n) is 0.199. The maximum absolute atomic E-state index is 8.54. The van der Waals surface area contributed by atoms with E-state index in [-0.39, 0.29) is 5.76 Å². The van der Waals surface area contributed by atoms with Crippen molar-refractivity contribution in [2.45, 2.75) is 0 Å². The van der Waals surface area contributed by atoms with Gasteiger partial charge in [0.1, 0.15) is 5.73 Å². The lowest BCUT2D eigenvalue weighted by Gasteiger charge is -1.61. The van der Waals surface area contributed by atoms with Gasteiger partial charge in [0.05, 0.1) is 5.73 Å².